The maximum atomic E-state index is 12.3. The zero-order chi connectivity index (χ0) is 15.5. The predicted molar refractivity (Wildman–Crippen MR) is 83.0 cm³/mol. The molecule has 0 aliphatic heterocycles. The summed E-state index contributed by atoms with van der Waals surface area (Å²) < 4.78 is 10.6. The largest absolute Gasteiger partial charge is 0.459 e. The van der Waals surface area contributed by atoms with Crippen molar-refractivity contribution in [3.8, 4) is 11.7 Å². The second kappa shape index (κ2) is 6.19. The highest BCUT2D eigenvalue weighted by atomic mass is 32.2. The Hall–Kier alpha value is -2.34. The van der Waals surface area contributed by atoms with Crippen LogP contribution in [0.3, 0.4) is 0 Å². The van der Waals surface area contributed by atoms with Crippen LogP contribution in [0.2, 0.25) is 0 Å². The molecule has 0 radical (unpaired) electrons. The number of hydrogen-bond acceptors (Lipinski definition) is 6. The molecular weight excluding hydrogens is 300 g/mol. The van der Waals surface area contributed by atoms with Crippen molar-refractivity contribution in [2.45, 2.75) is 19.1 Å². The molecule has 6 heteroatoms. The van der Waals surface area contributed by atoms with Gasteiger partial charge in [-0.05, 0) is 37.6 Å². The third kappa shape index (κ3) is 3.12. The molecular formula is C16H14N2O3S. The Morgan fingerprint density at radius 1 is 1.23 bits per heavy atom. The molecule has 0 aliphatic carbocycles. The quantitative estimate of drug-likeness (QED) is 0.525. The van der Waals surface area contributed by atoms with E-state index < -0.39 is 0 Å². The Bertz CT molecular complexity index is 794. The first-order valence-corrected chi connectivity index (χ1v) is 7.72. The molecule has 3 rings (SSSR count). The third-order valence-electron chi connectivity index (χ3n) is 3.16. The zero-order valence-electron chi connectivity index (χ0n) is 12.2. The normalized spacial score (nSPS) is 10.8. The van der Waals surface area contributed by atoms with E-state index in [1.165, 1.54) is 18.0 Å². The number of thioether (sulfide) groups is 1. The monoisotopic (exact) mass is 314 g/mol. The standard InChI is InChI=1S/C16H14N2O3S/c1-10-5-6-11(2)12(8-10)13(19)9-22-16-18-17-15(21-16)14-4-3-7-20-14/h3-8H,9H2,1-2H3. The van der Waals surface area contributed by atoms with Crippen molar-refractivity contribution < 1.29 is 13.6 Å². The number of hydrogen-bond donors (Lipinski definition) is 0. The van der Waals surface area contributed by atoms with Gasteiger partial charge in [0.1, 0.15) is 0 Å². The summed E-state index contributed by atoms with van der Waals surface area (Å²) in [4.78, 5) is 12.3. The Kier molecular flexibility index (Phi) is 4.11. The van der Waals surface area contributed by atoms with Gasteiger partial charge in [0.15, 0.2) is 11.5 Å². The van der Waals surface area contributed by atoms with Crippen LogP contribution in [-0.2, 0) is 0 Å². The number of Topliss-reactive ketones (excluding diaryl/α,β-unsaturated/α-hetero) is 1. The summed E-state index contributed by atoms with van der Waals surface area (Å²) in [7, 11) is 0. The Morgan fingerprint density at radius 2 is 2.09 bits per heavy atom. The molecule has 0 spiro atoms. The summed E-state index contributed by atoms with van der Waals surface area (Å²) in [6.45, 7) is 3.90. The van der Waals surface area contributed by atoms with Crippen molar-refractivity contribution in [1.82, 2.24) is 10.2 Å². The molecule has 0 aliphatic rings. The first-order chi connectivity index (χ1) is 10.6. The second-order valence-electron chi connectivity index (χ2n) is 4.88. The van der Waals surface area contributed by atoms with Crippen LogP contribution in [0.25, 0.3) is 11.7 Å². The number of rotatable bonds is 5. The topological polar surface area (TPSA) is 69.1 Å². The zero-order valence-corrected chi connectivity index (χ0v) is 13.0. The smallest absolute Gasteiger partial charge is 0.284 e. The van der Waals surface area contributed by atoms with Crippen LogP contribution >= 0.6 is 11.8 Å². The van der Waals surface area contributed by atoms with Gasteiger partial charge in [0, 0.05) is 5.56 Å². The van der Waals surface area contributed by atoms with Crippen molar-refractivity contribution in [1.29, 1.82) is 0 Å². The van der Waals surface area contributed by atoms with Gasteiger partial charge < -0.3 is 8.83 Å². The van der Waals surface area contributed by atoms with Gasteiger partial charge in [-0.25, -0.2) is 0 Å². The average Bonchev–Trinajstić information content (AvgIpc) is 3.17. The number of aryl methyl sites for hydroxylation is 2. The van der Waals surface area contributed by atoms with Crippen molar-refractivity contribution in [2.75, 3.05) is 5.75 Å². The second-order valence-corrected chi connectivity index (χ2v) is 5.81. The molecule has 0 N–H and O–H groups in total. The van der Waals surface area contributed by atoms with E-state index in [2.05, 4.69) is 10.2 Å². The van der Waals surface area contributed by atoms with Gasteiger partial charge in [-0.1, -0.05) is 29.5 Å². The minimum atomic E-state index is 0.0453. The van der Waals surface area contributed by atoms with Crippen molar-refractivity contribution in [2.24, 2.45) is 0 Å². The van der Waals surface area contributed by atoms with Crippen LogP contribution in [0, 0.1) is 13.8 Å². The fraction of sp³-hybridized carbons (Fsp3) is 0.188. The van der Waals surface area contributed by atoms with Crippen molar-refractivity contribution >= 4 is 17.5 Å². The van der Waals surface area contributed by atoms with Crippen LogP contribution in [0.15, 0.2) is 50.7 Å². The molecule has 0 bridgehead atoms. The molecule has 22 heavy (non-hydrogen) atoms. The summed E-state index contributed by atoms with van der Waals surface area (Å²) in [6.07, 6.45) is 1.54. The van der Waals surface area contributed by atoms with Crippen molar-refractivity contribution in [3.63, 3.8) is 0 Å². The van der Waals surface area contributed by atoms with Crippen LogP contribution in [0.4, 0.5) is 0 Å². The van der Waals surface area contributed by atoms with E-state index in [9.17, 15) is 4.79 Å². The molecule has 3 aromatic rings. The Labute approximate surface area is 131 Å². The maximum absolute atomic E-state index is 12.3. The van der Waals surface area contributed by atoms with E-state index in [4.69, 9.17) is 8.83 Å². The number of carbonyl (C=O) groups is 1. The minimum Gasteiger partial charge on any atom is -0.459 e. The lowest BCUT2D eigenvalue weighted by molar-refractivity contribution is 0.102. The molecule has 2 aromatic heterocycles. The maximum Gasteiger partial charge on any atom is 0.284 e. The van der Waals surface area contributed by atoms with Gasteiger partial charge in [-0.3, -0.25) is 4.79 Å². The van der Waals surface area contributed by atoms with Gasteiger partial charge >= 0.3 is 0 Å². The van der Waals surface area contributed by atoms with E-state index in [1.807, 2.05) is 32.0 Å². The first kappa shape index (κ1) is 14.6. The van der Waals surface area contributed by atoms with Crippen LogP contribution in [-0.4, -0.2) is 21.7 Å². The van der Waals surface area contributed by atoms with Crippen LogP contribution in [0.1, 0.15) is 21.5 Å². The van der Waals surface area contributed by atoms with Gasteiger partial charge in [0.25, 0.3) is 11.1 Å². The summed E-state index contributed by atoms with van der Waals surface area (Å²) in [5, 5.41) is 8.16. The van der Waals surface area contributed by atoms with Crippen LogP contribution < -0.4 is 0 Å². The molecule has 0 amide bonds. The lowest BCUT2D eigenvalue weighted by atomic mass is 10.0. The summed E-state index contributed by atoms with van der Waals surface area (Å²) in [6, 6.07) is 9.34. The first-order valence-electron chi connectivity index (χ1n) is 6.74. The molecule has 0 saturated carbocycles. The lowest BCUT2D eigenvalue weighted by Gasteiger charge is -2.04. The predicted octanol–water partition coefficient (Wildman–Crippen LogP) is 3.92. The van der Waals surface area contributed by atoms with E-state index in [0.29, 0.717) is 16.9 Å². The van der Waals surface area contributed by atoms with Gasteiger partial charge in [0.05, 0.1) is 12.0 Å². The molecule has 1 aromatic carbocycles. The van der Waals surface area contributed by atoms with E-state index >= 15 is 0 Å². The molecule has 0 unspecified atom stereocenters. The highest BCUT2D eigenvalue weighted by Gasteiger charge is 2.14. The number of furan rings is 1. The molecule has 0 fully saturated rings. The number of benzene rings is 1. The van der Waals surface area contributed by atoms with Gasteiger partial charge in [0.2, 0.25) is 0 Å². The van der Waals surface area contributed by atoms with E-state index in [1.54, 1.807) is 12.1 Å². The fourth-order valence-electron chi connectivity index (χ4n) is 2.01. The lowest BCUT2D eigenvalue weighted by Crippen LogP contribution is -2.05. The number of nitrogens with zero attached hydrogens (tertiary/aromatic N) is 2. The van der Waals surface area contributed by atoms with Gasteiger partial charge in [-0.15, -0.1) is 10.2 Å². The molecule has 2 heterocycles. The van der Waals surface area contributed by atoms with E-state index in [0.717, 1.165) is 16.7 Å². The molecule has 0 saturated heterocycles. The average molecular weight is 314 g/mol. The number of aromatic nitrogens is 2. The fourth-order valence-corrected chi connectivity index (χ4v) is 2.66. The Morgan fingerprint density at radius 3 is 2.86 bits per heavy atom. The SMILES string of the molecule is Cc1ccc(C)c(C(=O)CSc2nnc(-c3ccco3)o2)c1. The molecule has 5 nitrogen and oxygen atoms in total. The third-order valence-corrected chi connectivity index (χ3v) is 3.98. The summed E-state index contributed by atoms with van der Waals surface area (Å²) >= 11 is 1.22. The molecule has 0 atom stereocenters. The number of ketones is 1. The van der Waals surface area contributed by atoms with E-state index in [-0.39, 0.29) is 11.5 Å². The number of carbonyl (C=O) groups excluding carboxylic acids is 1. The van der Waals surface area contributed by atoms with Crippen molar-refractivity contribution in [3.05, 3.63) is 53.3 Å². The minimum absolute atomic E-state index is 0.0453. The highest BCUT2D eigenvalue weighted by molar-refractivity contribution is 7.99. The Balaban J connectivity index is 1.67. The summed E-state index contributed by atoms with van der Waals surface area (Å²) in [5.41, 5.74) is 2.77. The summed E-state index contributed by atoms with van der Waals surface area (Å²) in [5.74, 6) is 1.13. The highest BCUT2D eigenvalue weighted by Crippen LogP contribution is 2.24. The van der Waals surface area contributed by atoms with Crippen LogP contribution in [0.5, 0.6) is 0 Å². The van der Waals surface area contributed by atoms with Gasteiger partial charge in [-0.2, -0.15) is 0 Å². The molecule has 112 valence electrons.